The van der Waals surface area contributed by atoms with Crippen LogP contribution in [0.15, 0.2) is 36.5 Å². The van der Waals surface area contributed by atoms with Gasteiger partial charge in [0.1, 0.15) is 0 Å². The molecule has 3 N–H and O–H groups in total. The van der Waals surface area contributed by atoms with Crippen LogP contribution in [-0.4, -0.2) is 47.4 Å². The molecule has 0 aliphatic heterocycles. The summed E-state index contributed by atoms with van der Waals surface area (Å²) in [7, 11) is 0. The van der Waals surface area contributed by atoms with E-state index in [2.05, 4.69) is 43.5 Å². The molecule has 2 atom stereocenters. The molecule has 0 aromatic carbocycles. The molecule has 0 aromatic heterocycles. The van der Waals surface area contributed by atoms with Crippen LogP contribution in [0.3, 0.4) is 0 Å². The van der Waals surface area contributed by atoms with Gasteiger partial charge in [-0.3, -0.25) is 9.59 Å². The summed E-state index contributed by atoms with van der Waals surface area (Å²) in [4.78, 5) is 24.5. The lowest BCUT2D eigenvalue weighted by Crippen LogP contribution is -2.45. The van der Waals surface area contributed by atoms with Crippen molar-refractivity contribution in [1.29, 1.82) is 0 Å². The molecule has 0 heterocycles. The minimum Gasteiger partial charge on any atom is -0.466 e. The van der Waals surface area contributed by atoms with Crippen LogP contribution in [0.5, 0.6) is 0 Å². The largest absolute Gasteiger partial charge is 0.466 e. The van der Waals surface area contributed by atoms with Gasteiger partial charge in [0.05, 0.1) is 25.4 Å². The van der Waals surface area contributed by atoms with E-state index in [9.17, 15) is 19.8 Å². The summed E-state index contributed by atoms with van der Waals surface area (Å²) >= 11 is 0. The Balaban J connectivity index is 3.50. The van der Waals surface area contributed by atoms with Crippen LogP contribution in [0.1, 0.15) is 335 Å². The smallest absolute Gasteiger partial charge is 0.305 e. The highest BCUT2D eigenvalue weighted by Gasteiger charge is 2.18. The third-order valence-electron chi connectivity index (χ3n) is 14.4. The van der Waals surface area contributed by atoms with Gasteiger partial charge in [0.2, 0.25) is 5.91 Å². The average molecular weight is 985 g/mol. The van der Waals surface area contributed by atoms with E-state index in [0.29, 0.717) is 19.4 Å². The average Bonchev–Trinajstić information content (AvgIpc) is 3.36. The number of nitrogens with one attached hydrogen (secondary N) is 1. The number of hydrogen-bond acceptors (Lipinski definition) is 5. The zero-order valence-electron chi connectivity index (χ0n) is 47.0. The van der Waals surface area contributed by atoms with Crippen LogP contribution in [0.25, 0.3) is 0 Å². The van der Waals surface area contributed by atoms with Gasteiger partial charge in [-0.05, 0) is 64.2 Å². The molecule has 0 aliphatic rings. The van der Waals surface area contributed by atoms with Crippen LogP contribution in [0, 0.1) is 0 Å². The first kappa shape index (κ1) is 68.1. The first-order chi connectivity index (χ1) is 34.5. The summed E-state index contributed by atoms with van der Waals surface area (Å²) < 4.78 is 5.46. The lowest BCUT2D eigenvalue weighted by molar-refractivity contribution is -0.143. The molecule has 6 nitrogen and oxygen atoms in total. The van der Waals surface area contributed by atoms with E-state index in [1.54, 1.807) is 6.08 Å². The van der Waals surface area contributed by atoms with Crippen molar-refractivity contribution in [3.05, 3.63) is 36.5 Å². The van der Waals surface area contributed by atoms with E-state index in [1.807, 2.05) is 6.08 Å². The van der Waals surface area contributed by atoms with Crippen molar-refractivity contribution < 1.29 is 24.5 Å². The standard InChI is InChI=1S/C64H121NO5/c1-3-5-7-9-11-13-15-17-19-20-21-23-26-29-32-36-40-44-48-52-56-62(67)61(60-66)65-63(68)57-53-49-45-41-37-33-30-27-24-22-25-28-31-35-39-43-47-51-55-59-70-64(69)58-54-50-46-42-38-34-18-16-14-12-10-8-6-4-2/h28,31,35,39,52,56,61-62,66-67H,3-27,29-30,32-34,36-38,40-51,53-55,57-60H2,1-2H3,(H,65,68)/b31-28-,39-35-,56-52+. The Morgan fingerprint density at radius 1 is 0.400 bits per heavy atom. The molecule has 0 aliphatic carbocycles. The number of ether oxygens (including phenoxy) is 1. The molecule has 2 unspecified atom stereocenters. The van der Waals surface area contributed by atoms with Crippen molar-refractivity contribution >= 4 is 11.9 Å². The number of allylic oxidation sites excluding steroid dienone is 5. The van der Waals surface area contributed by atoms with Crippen LogP contribution in [-0.2, 0) is 14.3 Å². The summed E-state index contributed by atoms with van der Waals surface area (Å²) in [6.07, 6.45) is 74.7. The predicted octanol–water partition coefficient (Wildman–Crippen LogP) is 19.6. The maximum absolute atomic E-state index is 12.5. The molecular formula is C64H121NO5. The summed E-state index contributed by atoms with van der Waals surface area (Å²) in [5.41, 5.74) is 0. The molecular weight excluding hydrogens is 863 g/mol. The van der Waals surface area contributed by atoms with Crippen LogP contribution >= 0.6 is 0 Å². The van der Waals surface area contributed by atoms with Gasteiger partial charge in [0.25, 0.3) is 0 Å². The van der Waals surface area contributed by atoms with Gasteiger partial charge < -0.3 is 20.3 Å². The molecule has 0 rings (SSSR count). The van der Waals surface area contributed by atoms with E-state index in [4.69, 9.17) is 4.74 Å². The van der Waals surface area contributed by atoms with Crippen LogP contribution in [0.4, 0.5) is 0 Å². The van der Waals surface area contributed by atoms with Gasteiger partial charge in [-0.25, -0.2) is 0 Å². The van der Waals surface area contributed by atoms with Gasteiger partial charge in [-0.15, -0.1) is 0 Å². The Hall–Kier alpha value is -1.92. The number of esters is 1. The SMILES string of the molecule is CCCCCCCCCCCCCCCCCCCC/C=C/C(O)C(CO)NC(=O)CCCCCCCCCCCC/C=C\C=C/CCCCCOC(=O)CCCCCCCCCCCCCCCC. The van der Waals surface area contributed by atoms with Crippen LogP contribution in [0.2, 0.25) is 0 Å². The minimum absolute atomic E-state index is 0.0116. The zero-order valence-corrected chi connectivity index (χ0v) is 47.0. The summed E-state index contributed by atoms with van der Waals surface area (Å²) in [6, 6.07) is -0.636. The van der Waals surface area contributed by atoms with E-state index in [0.717, 1.165) is 77.0 Å². The second-order valence-corrected chi connectivity index (χ2v) is 21.4. The molecule has 0 fully saturated rings. The van der Waals surface area contributed by atoms with Crippen molar-refractivity contribution in [2.45, 2.75) is 347 Å². The summed E-state index contributed by atoms with van der Waals surface area (Å²) in [5.74, 6) is -0.0870. The lowest BCUT2D eigenvalue weighted by atomic mass is 10.0. The third kappa shape index (κ3) is 55.4. The highest BCUT2D eigenvalue weighted by molar-refractivity contribution is 5.76. The van der Waals surface area contributed by atoms with Gasteiger partial charge in [-0.1, -0.05) is 294 Å². The number of unbranched alkanes of at least 4 members (excludes halogenated alkanes) is 44. The molecule has 70 heavy (non-hydrogen) atoms. The van der Waals surface area contributed by atoms with Gasteiger partial charge in [0, 0.05) is 12.8 Å². The molecule has 412 valence electrons. The Morgan fingerprint density at radius 2 is 0.700 bits per heavy atom. The quantitative estimate of drug-likeness (QED) is 0.0244. The number of amides is 1. The fraction of sp³-hybridized carbons (Fsp3) is 0.875. The molecule has 6 heteroatoms. The highest BCUT2D eigenvalue weighted by atomic mass is 16.5. The Bertz CT molecular complexity index is 1130. The van der Waals surface area contributed by atoms with Crippen molar-refractivity contribution in [3.63, 3.8) is 0 Å². The summed E-state index contributed by atoms with van der Waals surface area (Å²) in [6.45, 7) is 4.89. The van der Waals surface area contributed by atoms with Crippen molar-refractivity contribution in [1.82, 2.24) is 5.32 Å². The van der Waals surface area contributed by atoms with Gasteiger partial charge >= 0.3 is 5.97 Å². The van der Waals surface area contributed by atoms with Crippen molar-refractivity contribution in [2.24, 2.45) is 0 Å². The second kappa shape index (κ2) is 59.6. The number of rotatable bonds is 58. The van der Waals surface area contributed by atoms with Crippen molar-refractivity contribution in [2.75, 3.05) is 13.2 Å². The number of aliphatic hydroxyl groups excluding tert-OH is 2. The molecule has 0 saturated heterocycles. The topological polar surface area (TPSA) is 95.9 Å². The lowest BCUT2D eigenvalue weighted by Gasteiger charge is -2.20. The van der Waals surface area contributed by atoms with Crippen LogP contribution < -0.4 is 5.32 Å². The Labute approximate surface area is 436 Å². The minimum atomic E-state index is -0.852. The first-order valence-corrected chi connectivity index (χ1v) is 31.3. The molecule has 0 spiro atoms. The number of aliphatic hydroxyl groups is 2. The van der Waals surface area contributed by atoms with Gasteiger partial charge in [-0.2, -0.15) is 0 Å². The Morgan fingerprint density at radius 3 is 1.06 bits per heavy atom. The zero-order chi connectivity index (χ0) is 50.7. The maximum Gasteiger partial charge on any atom is 0.305 e. The van der Waals surface area contributed by atoms with E-state index >= 15 is 0 Å². The molecule has 0 aromatic rings. The first-order valence-electron chi connectivity index (χ1n) is 31.3. The number of carbonyl (C=O) groups excluding carboxylic acids is 2. The molecule has 0 saturated carbocycles. The maximum atomic E-state index is 12.5. The van der Waals surface area contributed by atoms with Gasteiger partial charge in [0.15, 0.2) is 0 Å². The predicted molar refractivity (Wildman–Crippen MR) is 306 cm³/mol. The molecule has 1 amide bonds. The van der Waals surface area contributed by atoms with E-state index < -0.39 is 12.1 Å². The highest BCUT2D eigenvalue weighted by Crippen LogP contribution is 2.17. The van der Waals surface area contributed by atoms with E-state index in [-0.39, 0.29) is 18.5 Å². The van der Waals surface area contributed by atoms with E-state index in [1.165, 1.54) is 231 Å². The fourth-order valence-corrected chi connectivity index (χ4v) is 9.63. The number of hydrogen-bond donors (Lipinski definition) is 3. The molecule has 0 radical (unpaired) electrons. The monoisotopic (exact) mass is 984 g/mol. The third-order valence-corrected chi connectivity index (χ3v) is 14.4. The van der Waals surface area contributed by atoms with Crippen molar-refractivity contribution in [3.8, 4) is 0 Å². The second-order valence-electron chi connectivity index (χ2n) is 21.4. The normalized spacial score (nSPS) is 12.8. The Kier molecular flexibility index (Phi) is 58.0. The summed E-state index contributed by atoms with van der Waals surface area (Å²) in [5, 5.41) is 23.2. The fourth-order valence-electron chi connectivity index (χ4n) is 9.63. The number of carbonyl (C=O) groups is 2. The molecule has 0 bridgehead atoms.